The zero-order chi connectivity index (χ0) is 13.9. The molecule has 0 aromatic heterocycles. The average Bonchev–Trinajstić information content (AvgIpc) is 2.38. The van der Waals surface area contributed by atoms with E-state index in [0.29, 0.717) is 13.0 Å². The van der Waals surface area contributed by atoms with Gasteiger partial charge in [0, 0.05) is 11.0 Å². The van der Waals surface area contributed by atoms with Crippen LogP contribution in [0.2, 0.25) is 0 Å². The summed E-state index contributed by atoms with van der Waals surface area (Å²) in [5.41, 5.74) is 0. The van der Waals surface area contributed by atoms with Crippen LogP contribution in [-0.2, 0) is 4.79 Å². The normalized spacial score (nSPS) is 10.2. The highest BCUT2D eigenvalue weighted by Crippen LogP contribution is 2.17. The highest BCUT2D eigenvalue weighted by atomic mass is 79.9. The molecule has 0 aliphatic rings. The molecule has 1 aromatic rings. The van der Waals surface area contributed by atoms with E-state index in [0.717, 1.165) is 23.2 Å². The molecule has 0 saturated carbocycles. The Morgan fingerprint density at radius 2 is 2.16 bits per heavy atom. The number of halogens is 1. The molecule has 0 bridgehead atoms. The van der Waals surface area contributed by atoms with Gasteiger partial charge in [0.05, 0.1) is 13.0 Å². The first-order valence-corrected chi connectivity index (χ1v) is 7.66. The monoisotopic (exact) mass is 327 g/mol. The van der Waals surface area contributed by atoms with Crippen LogP contribution in [0.25, 0.3) is 0 Å². The number of carbonyl (C=O) groups is 1. The second-order valence-corrected chi connectivity index (χ2v) is 5.38. The molecule has 0 saturated heterocycles. The maximum Gasteiger partial charge on any atom is 0.223 e. The summed E-state index contributed by atoms with van der Waals surface area (Å²) in [7, 11) is 0. The topological polar surface area (TPSA) is 38.3 Å². The van der Waals surface area contributed by atoms with Gasteiger partial charge in [-0.3, -0.25) is 4.79 Å². The molecule has 0 atom stereocenters. The summed E-state index contributed by atoms with van der Waals surface area (Å²) in [5.74, 6) is 0.844. The summed E-state index contributed by atoms with van der Waals surface area (Å²) < 4.78 is 6.49. The Bertz CT molecular complexity index is 382. The van der Waals surface area contributed by atoms with Crippen molar-refractivity contribution in [3.05, 3.63) is 28.7 Å². The number of carbonyl (C=O) groups excluding carboxylic acids is 1. The Balaban J connectivity index is 2.07. The largest absolute Gasteiger partial charge is 0.493 e. The van der Waals surface area contributed by atoms with E-state index < -0.39 is 0 Å². The smallest absolute Gasteiger partial charge is 0.223 e. The zero-order valence-corrected chi connectivity index (χ0v) is 13.0. The molecule has 1 N–H and O–H groups in total. The van der Waals surface area contributed by atoms with Crippen LogP contribution in [0.4, 0.5) is 0 Å². The van der Waals surface area contributed by atoms with Gasteiger partial charge in [0.15, 0.2) is 0 Å². The first-order chi connectivity index (χ1) is 9.22. The number of benzene rings is 1. The van der Waals surface area contributed by atoms with E-state index in [1.54, 1.807) is 0 Å². The Hall–Kier alpha value is -1.03. The van der Waals surface area contributed by atoms with E-state index in [-0.39, 0.29) is 5.91 Å². The molecular formula is C15H22BrNO2. The minimum Gasteiger partial charge on any atom is -0.493 e. The molecule has 0 fully saturated rings. The van der Waals surface area contributed by atoms with Gasteiger partial charge in [0.2, 0.25) is 5.91 Å². The van der Waals surface area contributed by atoms with E-state index in [1.807, 2.05) is 24.3 Å². The van der Waals surface area contributed by atoms with Gasteiger partial charge in [-0.2, -0.15) is 0 Å². The van der Waals surface area contributed by atoms with Crippen molar-refractivity contribution in [2.75, 3.05) is 13.2 Å². The fourth-order valence-corrected chi connectivity index (χ4v) is 2.06. The van der Waals surface area contributed by atoms with Gasteiger partial charge in [-0.15, -0.1) is 0 Å². The molecule has 0 spiro atoms. The summed E-state index contributed by atoms with van der Waals surface area (Å²) in [5, 5.41) is 2.91. The Morgan fingerprint density at radius 3 is 2.89 bits per heavy atom. The Morgan fingerprint density at radius 1 is 1.32 bits per heavy atom. The van der Waals surface area contributed by atoms with E-state index in [1.165, 1.54) is 19.3 Å². The molecule has 19 heavy (non-hydrogen) atoms. The second-order valence-electron chi connectivity index (χ2n) is 4.47. The number of amides is 1. The molecule has 3 nitrogen and oxygen atoms in total. The Labute approximate surface area is 123 Å². The summed E-state index contributed by atoms with van der Waals surface area (Å²) in [6, 6.07) is 7.62. The molecule has 0 heterocycles. The lowest BCUT2D eigenvalue weighted by molar-refractivity contribution is -0.121. The average molecular weight is 328 g/mol. The predicted octanol–water partition coefficient (Wildman–Crippen LogP) is 3.91. The Kier molecular flexibility index (Phi) is 8.30. The van der Waals surface area contributed by atoms with E-state index in [4.69, 9.17) is 4.74 Å². The van der Waals surface area contributed by atoms with Gasteiger partial charge >= 0.3 is 0 Å². The molecule has 1 aromatic carbocycles. The van der Waals surface area contributed by atoms with Crippen molar-refractivity contribution in [2.24, 2.45) is 0 Å². The molecular weight excluding hydrogens is 306 g/mol. The van der Waals surface area contributed by atoms with Crippen LogP contribution in [0, 0.1) is 0 Å². The highest BCUT2D eigenvalue weighted by Gasteiger charge is 2.01. The lowest BCUT2D eigenvalue weighted by Gasteiger charge is -2.07. The van der Waals surface area contributed by atoms with Crippen LogP contribution >= 0.6 is 15.9 Å². The zero-order valence-electron chi connectivity index (χ0n) is 11.5. The second kappa shape index (κ2) is 9.84. The summed E-state index contributed by atoms with van der Waals surface area (Å²) in [6.07, 6.45) is 5.11. The fraction of sp³-hybridized carbons (Fsp3) is 0.533. The third-order valence-corrected chi connectivity index (χ3v) is 3.24. The van der Waals surface area contributed by atoms with Crippen LogP contribution < -0.4 is 10.1 Å². The quantitative estimate of drug-likeness (QED) is 0.698. The third-order valence-electron chi connectivity index (χ3n) is 2.75. The first kappa shape index (κ1) is 16.0. The summed E-state index contributed by atoms with van der Waals surface area (Å²) in [4.78, 5) is 11.5. The number of unbranched alkanes of at least 4 members (excludes halogenated alkanes) is 3. The molecule has 0 aliphatic carbocycles. The van der Waals surface area contributed by atoms with E-state index in [2.05, 4.69) is 28.2 Å². The van der Waals surface area contributed by atoms with Gasteiger partial charge in [-0.25, -0.2) is 0 Å². The van der Waals surface area contributed by atoms with Crippen molar-refractivity contribution < 1.29 is 9.53 Å². The van der Waals surface area contributed by atoms with Crippen molar-refractivity contribution in [2.45, 2.75) is 39.0 Å². The van der Waals surface area contributed by atoms with Crippen LogP contribution in [0.15, 0.2) is 28.7 Å². The lowest BCUT2D eigenvalue weighted by Crippen LogP contribution is -2.25. The SMILES string of the molecule is CCCCCCNC(=O)CCOc1cccc(Br)c1. The van der Waals surface area contributed by atoms with Crippen molar-refractivity contribution in [3.8, 4) is 5.75 Å². The number of hydrogen-bond acceptors (Lipinski definition) is 2. The molecule has 0 aliphatic heterocycles. The standard InChI is InChI=1S/C15H22BrNO2/c1-2-3-4-5-10-17-15(18)9-11-19-14-8-6-7-13(16)12-14/h6-8,12H,2-5,9-11H2,1H3,(H,17,18). The molecule has 1 amide bonds. The molecule has 0 unspecified atom stereocenters. The number of nitrogens with one attached hydrogen (secondary N) is 1. The van der Waals surface area contributed by atoms with Crippen molar-refractivity contribution >= 4 is 21.8 Å². The highest BCUT2D eigenvalue weighted by molar-refractivity contribution is 9.10. The minimum atomic E-state index is 0.0616. The molecule has 1 rings (SSSR count). The van der Waals surface area contributed by atoms with E-state index in [9.17, 15) is 4.79 Å². The number of rotatable bonds is 9. The van der Waals surface area contributed by atoms with Crippen molar-refractivity contribution in [1.29, 1.82) is 0 Å². The predicted molar refractivity (Wildman–Crippen MR) is 81.4 cm³/mol. The van der Waals surface area contributed by atoms with Gasteiger partial charge in [-0.05, 0) is 24.6 Å². The van der Waals surface area contributed by atoms with Gasteiger partial charge < -0.3 is 10.1 Å². The fourth-order valence-electron chi connectivity index (χ4n) is 1.69. The van der Waals surface area contributed by atoms with Gasteiger partial charge in [-0.1, -0.05) is 48.2 Å². The number of hydrogen-bond donors (Lipinski definition) is 1. The number of ether oxygens (including phenoxy) is 1. The molecule has 0 radical (unpaired) electrons. The van der Waals surface area contributed by atoms with E-state index >= 15 is 0 Å². The van der Waals surface area contributed by atoms with Gasteiger partial charge in [0.25, 0.3) is 0 Å². The minimum absolute atomic E-state index is 0.0616. The summed E-state index contributed by atoms with van der Waals surface area (Å²) >= 11 is 3.38. The van der Waals surface area contributed by atoms with Crippen molar-refractivity contribution in [1.82, 2.24) is 5.32 Å². The van der Waals surface area contributed by atoms with Crippen LogP contribution in [-0.4, -0.2) is 19.1 Å². The van der Waals surface area contributed by atoms with Crippen LogP contribution in [0.1, 0.15) is 39.0 Å². The molecule has 4 heteroatoms. The van der Waals surface area contributed by atoms with Crippen LogP contribution in [0.3, 0.4) is 0 Å². The van der Waals surface area contributed by atoms with Gasteiger partial charge in [0.1, 0.15) is 5.75 Å². The van der Waals surface area contributed by atoms with Crippen LogP contribution in [0.5, 0.6) is 5.75 Å². The maximum absolute atomic E-state index is 11.5. The summed E-state index contributed by atoms with van der Waals surface area (Å²) in [6.45, 7) is 3.37. The first-order valence-electron chi connectivity index (χ1n) is 6.87. The molecule has 106 valence electrons. The van der Waals surface area contributed by atoms with Crippen molar-refractivity contribution in [3.63, 3.8) is 0 Å². The third kappa shape index (κ3) is 7.88. The maximum atomic E-state index is 11.5. The lowest BCUT2D eigenvalue weighted by atomic mass is 10.2.